The van der Waals surface area contributed by atoms with E-state index < -0.39 is 10.0 Å². The van der Waals surface area contributed by atoms with Crippen LogP contribution < -0.4 is 10.0 Å². The van der Waals surface area contributed by atoms with Crippen molar-refractivity contribution < 1.29 is 8.42 Å². The van der Waals surface area contributed by atoms with Crippen LogP contribution in [0.3, 0.4) is 0 Å². The fourth-order valence-electron chi connectivity index (χ4n) is 1.98. The fraction of sp³-hybridized carbons (Fsp3) is 0.462. The van der Waals surface area contributed by atoms with Crippen molar-refractivity contribution in [3.63, 3.8) is 0 Å². The first-order chi connectivity index (χ1) is 10.0. The van der Waals surface area contributed by atoms with Gasteiger partial charge in [-0.25, -0.2) is 18.1 Å². The van der Waals surface area contributed by atoms with Crippen LogP contribution in [-0.4, -0.2) is 19.4 Å². The third-order valence-corrected chi connectivity index (χ3v) is 6.62. The maximum absolute atomic E-state index is 12.4. The predicted molar refractivity (Wildman–Crippen MR) is 85.1 cm³/mol. The number of rotatable bonds is 7. The largest absolute Gasteiger partial charge is 0.309 e. The molecule has 0 aliphatic heterocycles. The van der Waals surface area contributed by atoms with E-state index in [1.165, 1.54) is 35.5 Å². The minimum atomic E-state index is -3.47. The molecular weight excluding hydrogens is 326 g/mol. The molecule has 1 aliphatic rings. The highest BCUT2D eigenvalue weighted by atomic mass is 32.2. The first kappa shape index (κ1) is 15.1. The Morgan fingerprint density at radius 1 is 1.38 bits per heavy atom. The summed E-state index contributed by atoms with van der Waals surface area (Å²) < 4.78 is 27.3. The molecule has 2 aromatic heterocycles. The normalized spacial score (nSPS) is 15.5. The van der Waals surface area contributed by atoms with E-state index in [1.54, 1.807) is 11.6 Å². The van der Waals surface area contributed by atoms with E-state index in [-0.39, 0.29) is 6.54 Å². The molecule has 5 nitrogen and oxygen atoms in total. The van der Waals surface area contributed by atoms with Crippen LogP contribution in [0.25, 0.3) is 0 Å². The molecule has 2 heterocycles. The zero-order chi connectivity index (χ0) is 14.9. The zero-order valence-corrected chi connectivity index (χ0v) is 14.1. The van der Waals surface area contributed by atoms with Crippen molar-refractivity contribution in [1.82, 2.24) is 15.0 Å². The number of nitrogens with one attached hydrogen (secondary N) is 2. The molecule has 1 aliphatic carbocycles. The van der Waals surface area contributed by atoms with Crippen LogP contribution in [0.4, 0.5) is 0 Å². The Balaban J connectivity index is 1.68. The average Bonchev–Trinajstić information content (AvgIpc) is 2.97. The van der Waals surface area contributed by atoms with Crippen LogP contribution in [0.5, 0.6) is 0 Å². The van der Waals surface area contributed by atoms with E-state index in [0.717, 1.165) is 22.0 Å². The quantitative estimate of drug-likeness (QED) is 0.809. The Morgan fingerprint density at radius 2 is 2.19 bits per heavy atom. The van der Waals surface area contributed by atoms with Crippen molar-refractivity contribution in [3.8, 4) is 0 Å². The molecule has 0 atom stereocenters. The van der Waals surface area contributed by atoms with Gasteiger partial charge in [0.25, 0.3) is 0 Å². The highest BCUT2D eigenvalue weighted by Gasteiger charge is 2.23. The number of thiazole rings is 1. The third-order valence-electron chi connectivity index (χ3n) is 3.28. The molecule has 3 rings (SSSR count). The number of aromatic nitrogens is 1. The molecule has 1 saturated carbocycles. The highest BCUT2D eigenvalue weighted by molar-refractivity contribution is 7.89. The molecule has 0 bridgehead atoms. The van der Waals surface area contributed by atoms with Gasteiger partial charge < -0.3 is 5.32 Å². The molecule has 21 heavy (non-hydrogen) atoms. The van der Waals surface area contributed by atoms with Crippen molar-refractivity contribution in [3.05, 3.63) is 32.4 Å². The molecule has 2 aromatic rings. The van der Waals surface area contributed by atoms with Crippen LogP contribution in [0, 0.1) is 6.92 Å². The van der Waals surface area contributed by atoms with Crippen molar-refractivity contribution in [2.45, 2.75) is 43.8 Å². The maximum atomic E-state index is 12.4. The summed E-state index contributed by atoms with van der Waals surface area (Å²) in [6, 6.07) is 2.40. The summed E-state index contributed by atoms with van der Waals surface area (Å²) in [4.78, 5) is 6.36. The summed E-state index contributed by atoms with van der Waals surface area (Å²) in [6.45, 7) is 2.83. The summed E-state index contributed by atoms with van der Waals surface area (Å²) in [7, 11) is -3.47. The van der Waals surface area contributed by atoms with E-state index in [0.29, 0.717) is 10.9 Å². The number of hydrogen-bond acceptors (Lipinski definition) is 6. The van der Waals surface area contributed by atoms with Crippen molar-refractivity contribution in [2.24, 2.45) is 0 Å². The van der Waals surface area contributed by atoms with Gasteiger partial charge in [0.05, 0.1) is 22.6 Å². The first-order valence-electron chi connectivity index (χ1n) is 6.74. The number of hydrogen-bond donors (Lipinski definition) is 2. The average molecular weight is 343 g/mol. The first-order valence-corrected chi connectivity index (χ1v) is 9.98. The van der Waals surface area contributed by atoms with Gasteiger partial charge in [0.15, 0.2) is 0 Å². The molecule has 8 heteroatoms. The summed E-state index contributed by atoms with van der Waals surface area (Å²) in [5.74, 6) is 0. The van der Waals surface area contributed by atoms with Gasteiger partial charge in [-0.3, -0.25) is 0 Å². The monoisotopic (exact) mass is 343 g/mol. The molecule has 0 unspecified atom stereocenters. The molecule has 0 aromatic carbocycles. The second kappa shape index (κ2) is 6.13. The van der Waals surface area contributed by atoms with Gasteiger partial charge in [0, 0.05) is 27.7 Å². The molecule has 0 saturated heterocycles. The van der Waals surface area contributed by atoms with E-state index >= 15 is 0 Å². The maximum Gasteiger partial charge on any atom is 0.242 e. The van der Waals surface area contributed by atoms with Gasteiger partial charge in [0.1, 0.15) is 0 Å². The Bertz CT molecular complexity index is 703. The number of sulfonamides is 1. The van der Waals surface area contributed by atoms with Crippen LogP contribution >= 0.6 is 22.7 Å². The molecule has 114 valence electrons. The van der Waals surface area contributed by atoms with Crippen LogP contribution in [0.2, 0.25) is 0 Å². The minimum absolute atomic E-state index is 0.233. The molecule has 0 spiro atoms. The molecule has 1 fully saturated rings. The standard InChI is InChI=1S/C13H17N3O2S3/c1-9-13(4-12(20-9)6-14-10-2-3-10)21(17,18)16-5-11-7-19-8-15-11/h4,7-8,10,14,16H,2-3,5-6H2,1H3. The van der Waals surface area contributed by atoms with Gasteiger partial charge in [-0.05, 0) is 25.8 Å². The van der Waals surface area contributed by atoms with Crippen LogP contribution in [0.15, 0.2) is 21.9 Å². The molecule has 2 N–H and O–H groups in total. The number of aryl methyl sites for hydroxylation is 1. The van der Waals surface area contributed by atoms with E-state index in [4.69, 9.17) is 0 Å². The zero-order valence-electron chi connectivity index (χ0n) is 11.6. The van der Waals surface area contributed by atoms with Crippen molar-refractivity contribution in [1.29, 1.82) is 0 Å². The van der Waals surface area contributed by atoms with Gasteiger partial charge >= 0.3 is 0 Å². The van der Waals surface area contributed by atoms with Crippen molar-refractivity contribution in [2.75, 3.05) is 0 Å². The topological polar surface area (TPSA) is 71.1 Å². The predicted octanol–water partition coefficient (Wildman–Crippen LogP) is 2.24. The third kappa shape index (κ3) is 3.89. The van der Waals surface area contributed by atoms with Crippen LogP contribution in [-0.2, 0) is 23.1 Å². The summed E-state index contributed by atoms with van der Waals surface area (Å²) >= 11 is 3.00. The lowest BCUT2D eigenvalue weighted by molar-refractivity contribution is 0.580. The Morgan fingerprint density at radius 3 is 2.86 bits per heavy atom. The van der Waals surface area contributed by atoms with Crippen molar-refractivity contribution >= 4 is 32.7 Å². The molecule has 0 radical (unpaired) electrons. The van der Waals surface area contributed by atoms with Gasteiger partial charge in [-0.1, -0.05) is 0 Å². The summed E-state index contributed by atoms with van der Waals surface area (Å²) in [6.07, 6.45) is 2.45. The van der Waals surface area contributed by atoms with E-state index in [2.05, 4.69) is 15.0 Å². The number of thiophene rings is 1. The van der Waals surface area contributed by atoms with Gasteiger partial charge in [-0.2, -0.15) is 0 Å². The summed E-state index contributed by atoms with van der Waals surface area (Å²) in [5.41, 5.74) is 2.44. The molecular formula is C13H17N3O2S3. The Kier molecular flexibility index (Phi) is 4.41. The minimum Gasteiger partial charge on any atom is -0.309 e. The van der Waals surface area contributed by atoms with E-state index in [1.807, 2.05) is 12.3 Å². The van der Waals surface area contributed by atoms with Gasteiger partial charge in [0.2, 0.25) is 10.0 Å². The molecule has 0 amide bonds. The SMILES string of the molecule is Cc1sc(CNC2CC2)cc1S(=O)(=O)NCc1cscn1. The second-order valence-electron chi connectivity index (χ2n) is 5.09. The lowest BCUT2D eigenvalue weighted by atomic mass is 10.4. The fourth-order valence-corrected chi connectivity index (χ4v) is 5.12. The lowest BCUT2D eigenvalue weighted by Crippen LogP contribution is -2.23. The second-order valence-corrected chi connectivity index (χ2v) is 8.89. The van der Waals surface area contributed by atoms with E-state index in [9.17, 15) is 8.42 Å². The Labute approximate surface area is 132 Å². The highest BCUT2D eigenvalue weighted by Crippen LogP contribution is 2.27. The van der Waals surface area contributed by atoms with Gasteiger partial charge in [-0.15, -0.1) is 22.7 Å². The smallest absolute Gasteiger partial charge is 0.242 e. The summed E-state index contributed by atoms with van der Waals surface area (Å²) in [5, 5.41) is 5.25. The number of nitrogens with zero attached hydrogens (tertiary/aromatic N) is 1. The Hall–Kier alpha value is -0.800. The van der Waals surface area contributed by atoms with Crippen LogP contribution in [0.1, 0.15) is 28.3 Å². The lowest BCUT2D eigenvalue weighted by Gasteiger charge is -2.04.